The van der Waals surface area contributed by atoms with Crippen LogP contribution in [-0.4, -0.2) is 67.2 Å². The summed E-state index contributed by atoms with van der Waals surface area (Å²) in [4.78, 5) is 27.3. The standard InChI is InChI=1S/C30H29F3N2O6S/c1-2-39-29(37)25(41-19-30(31,32)33)16-20-8-11-23(12-9-20)40-15-14-35-24-13-10-22(17-26(24)42-18-27(35)36)28(34-38)21-6-4-3-5-7-21/h3-13,17,25,38H,2,14-16,18-19H2,1H3/b34-28+. The maximum absolute atomic E-state index is 12.7. The van der Waals surface area contributed by atoms with Crippen molar-refractivity contribution in [2.24, 2.45) is 5.16 Å². The first kappa shape index (κ1) is 30.9. The van der Waals surface area contributed by atoms with E-state index in [4.69, 9.17) is 14.2 Å². The van der Waals surface area contributed by atoms with Crippen LogP contribution in [0.5, 0.6) is 5.75 Å². The Morgan fingerprint density at radius 2 is 1.81 bits per heavy atom. The summed E-state index contributed by atoms with van der Waals surface area (Å²) < 4.78 is 53.3. The van der Waals surface area contributed by atoms with Gasteiger partial charge in [-0.2, -0.15) is 13.2 Å². The predicted octanol–water partition coefficient (Wildman–Crippen LogP) is 5.48. The lowest BCUT2D eigenvalue weighted by molar-refractivity contribution is -0.194. The molecule has 0 saturated carbocycles. The minimum atomic E-state index is -4.57. The Hall–Kier alpha value is -4.03. The molecule has 1 amide bonds. The fourth-order valence-corrected chi connectivity index (χ4v) is 5.28. The van der Waals surface area contributed by atoms with E-state index in [1.54, 1.807) is 42.2 Å². The molecule has 0 radical (unpaired) electrons. The molecular formula is C30H29F3N2O6S. The highest BCUT2D eigenvalue weighted by atomic mass is 32.2. The highest BCUT2D eigenvalue weighted by Crippen LogP contribution is 2.36. The van der Waals surface area contributed by atoms with E-state index >= 15 is 0 Å². The van der Waals surface area contributed by atoms with Crippen LogP contribution in [0.15, 0.2) is 82.8 Å². The zero-order chi connectivity index (χ0) is 30.1. The molecule has 0 saturated heterocycles. The Labute approximate surface area is 245 Å². The number of carbonyl (C=O) groups is 2. The third-order valence-electron chi connectivity index (χ3n) is 6.25. The number of amides is 1. The number of hydrogen-bond donors (Lipinski definition) is 1. The van der Waals surface area contributed by atoms with E-state index in [1.165, 1.54) is 11.8 Å². The second-order valence-electron chi connectivity index (χ2n) is 9.19. The SMILES string of the molecule is CCOC(=O)C(Cc1ccc(OCCN2C(=O)CSc3cc(/C(=N/O)c4ccccc4)ccc32)cc1)OCC(F)(F)F. The van der Waals surface area contributed by atoms with Crippen molar-refractivity contribution in [1.82, 2.24) is 0 Å². The van der Waals surface area contributed by atoms with Crippen LogP contribution >= 0.6 is 11.8 Å². The molecule has 1 N–H and O–H groups in total. The van der Waals surface area contributed by atoms with Gasteiger partial charge in [0.2, 0.25) is 5.91 Å². The van der Waals surface area contributed by atoms with Crippen LogP contribution in [0.2, 0.25) is 0 Å². The summed E-state index contributed by atoms with van der Waals surface area (Å²) in [5.74, 6) is -0.190. The molecule has 42 heavy (non-hydrogen) atoms. The van der Waals surface area contributed by atoms with Crippen LogP contribution < -0.4 is 9.64 Å². The first-order valence-corrected chi connectivity index (χ1v) is 14.1. The summed E-state index contributed by atoms with van der Waals surface area (Å²) in [6.45, 7) is 0.491. The van der Waals surface area contributed by atoms with Crippen molar-refractivity contribution in [3.8, 4) is 5.75 Å². The van der Waals surface area contributed by atoms with Gasteiger partial charge in [0, 0.05) is 22.4 Å². The first-order valence-electron chi connectivity index (χ1n) is 13.1. The number of nitrogens with zero attached hydrogens (tertiary/aromatic N) is 2. The monoisotopic (exact) mass is 602 g/mol. The fourth-order valence-electron chi connectivity index (χ4n) is 4.31. The molecule has 8 nitrogen and oxygen atoms in total. The molecule has 1 aliphatic heterocycles. The maximum Gasteiger partial charge on any atom is 0.411 e. The van der Waals surface area contributed by atoms with Crippen LogP contribution in [-0.2, 0) is 25.5 Å². The van der Waals surface area contributed by atoms with Gasteiger partial charge < -0.3 is 24.3 Å². The Kier molecular flexibility index (Phi) is 10.5. The van der Waals surface area contributed by atoms with Crippen molar-refractivity contribution in [2.45, 2.75) is 30.5 Å². The molecule has 1 heterocycles. The number of halogens is 3. The van der Waals surface area contributed by atoms with Crippen LogP contribution in [0.3, 0.4) is 0 Å². The van der Waals surface area contributed by atoms with Gasteiger partial charge in [0.05, 0.1) is 24.6 Å². The zero-order valence-corrected chi connectivity index (χ0v) is 23.5. The highest BCUT2D eigenvalue weighted by Gasteiger charge is 2.32. The summed E-state index contributed by atoms with van der Waals surface area (Å²) in [7, 11) is 0. The molecule has 4 rings (SSSR count). The van der Waals surface area contributed by atoms with Crippen LogP contribution in [0.4, 0.5) is 18.9 Å². The Bertz CT molecular complexity index is 1400. The molecule has 12 heteroatoms. The lowest BCUT2D eigenvalue weighted by Gasteiger charge is -2.29. The van der Waals surface area contributed by atoms with Gasteiger partial charge >= 0.3 is 12.1 Å². The lowest BCUT2D eigenvalue weighted by Crippen LogP contribution is -2.38. The number of alkyl halides is 3. The number of benzene rings is 3. The summed E-state index contributed by atoms with van der Waals surface area (Å²) in [6.07, 6.45) is -6.06. The van der Waals surface area contributed by atoms with Gasteiger partial charge in [0.25, 0.3) is 0 Å². The normalized spacial score (nSPS) is 14.3. The molecule has 1 unspecified atom stereocenters. The predicted molar refractivity (Wildman–Crippen MR) is 151 cm³/mol. The average Bonchev–Trinajstić information content (AvgIpc) is 2.97. The fraction of sp³-hybridized carbons (Fsp3) is 0.300. The van der Waals surface area contributed by atoms with Gasteiger partial charge in [-0.25, -0.2) is 4.79 Å². The first-order chi connectivity index (χ1) is 20.2. The number of esters is 1. The van der Waals surface area contributed by atoms with E-state index < -0.39 is 24.9 Å². The lowest BCUT2D eigenvalue weighted by atomic mass is 10.0. The summed E-state index contributed by atoms with van der Waals surface area (Å²) in [5, 5.41) is 13.1. The molecule has 3 aromatic rings. The number of ether oxygens (including phenoxy) is 3. The van der Waals surface area contributed by atoms with E-state index in [2.05, 4.69) is 5.16 Å². The average molecular weight is 603 g/mol. The summed E-state index contributed by atoms with van der Waals surface area (Å²) in [6, 6.07) is 21.3. The van der Waals surface area contributed by atoms with Crippen molar-refractivity contribution in [3.05, 3.63) is 89.5 Å². The number of fused-ring (bicyclic) bond motifs is 1. The van der Waals surface area contributed by atoms with Gasteiger partial charge in [-0.05, 0) is 36.8 Å². The van der Waals surface area contributed by atoms with Gasteiger partial charge in [-0.1, -0.05) is 53.7 Å². The molecule has 0 spiro atoms. The van der Waals surface area contributed by atoms with Crippen molar-refractivity contribution >= 4 is 35.0 Å². The zero-order valence-electron chi connectivity index (χ0n) is 22.7. The third-order valence-corrected chi connectivity index (χ3v) is 7.28. The second-order valence-corrected chi connectivity index (χ2v) is 10.2. The van der Waals surface area contributed by atoms with Crippen LogP contribution in [0, 0.1) is 0 Å². The minimum absolute atomic E-state index is 0.0208. The minimum Gasteiger partial charge on any atom is -0.492 e. The third kappa shape index (κ3) is 8.26. The van der Waals surface area contributed by atoms with Gasteiger partial charge in [-0.3, -0.25) is 4.79 Å². The largest absolute Gasteiger partial charge is 0.492 e. The molecule has 0 aromatic heterocycles. The van der Waals surface area contributed by atoms with E-state index in [1.807, 2.05) is 42.5 Å². The van der Waals surface area contributed by atoms with Crippen molar-refractivity contribution in [3.63, 3.8) is 0 Å². The number of anilines is 1. The molecule has 3 aromatic carbocycles. The highest BCUT2D eigenvalue weighted by molar-refractivity contribution is 8.00. The molecular weight excluding hydrogens is 573 g/mol. The topological polar surface area (TPSA) is 97.7 Å². The molecule has 1 aliphatic rings. The van der Waals surface area contributed by atoms with Crippen LogP contribution in [0.25, 0.3) is 0 Å². The number of hydrogen-bond acceptors (Lipinski definition) is 8. The molecule has 0 bridgehead atoms. The summed E-state index contributed by atoms with van der Waals surface area (Å²) in [5.41, 5.74) is 3.20. The number of oxime groups is 1. The quantitative estimate of drug-likeness (QED) is 0.127. The molecule has 0 aliphatic carbocycles. The Balaban J connectivity index is 1.37. The second kappa shape index (κ2) is 14.2. The number of rotatable bonds is 12. The van der Waals surface area contributed by atoms with E-state index in [0.29, 0.717) is 17.0 Å². The smallest absolute Gasteiger partial charge is 0.411 e. The maximum atomic E-state index is 12.7. The van der Waals surface area contributed by atoms with Crippen molar-refractivity contribution in [2.75, 3.05) is 37.0 Å². The molecule has 1 atom stereocenters. The van der Waals surface area contributed by atoms with E-state index in [0.717, 1.165) is 21.7 Å². The molecule has 222 valence electrons. The van der Waals surface area contributed by atoms with Gasteiger partial charge in [0.1, 0.15) is 24.7 Å². The van der Waals surface area contributed by atoms with Gasteiger partial charge in [0.15, 0.2) is 6.10 Å². The van der Waals surface area contributed by atoms with Crippen LogP contribution in [0.1, 0.15) is 23.6 Å². The van der Waals surface area contributed by atoms with E-state index in [-0.39, 0.29) is 37.8 Å². The summed E-state index contributed by atoms with van der Waals surface area (Å²) >= 11 is 1.41. The van der Waals surface area contributed by atoms with Crippen molar-refractivity contribution < 1.29 is 42.2 Å². The van der Waals surface area contributed by atoms with Gasteiger partial charge in [-0.15, -0.1) is 11.8 Å². The Morgan fingerprint density at radius 3 is 2.48 bits per heavy atom. The number of carbonyl (C=O) groups excluding carboxylic acids is 2. The molecule has 0 fully saturated rings. The number of thioether (sulfide) groups is 1. The Morgan fingerprint density at radius 1 is 1.07 bits per heavy atom. The van der Waals surface area contributed by atoms with Crippen molar-refractivity contribution in [1.29, 1.82) is 0 Å². The van der Waals surface area contributed by atoms with E-state index in [9.17, 15) is 28.0 Å².